The first kappa shape index (κ1) is 23.6. The van der Waals surface area contributed by atoms with Gasteiger partial charge >= 0.3 is 0 Å². The van der Waals surface area contributed by atoms with E-state index in [-0.39, 0.29) is 24.0 Å². The fourth-order valence-corrected chi connectivity index (χ4v) is 6.22. The number of nitrogens with one attached hydrogen (secondary N) is 1. The topological polar surface area (TPSA) is 73.2 Å². The van der Waals surface area contributed by atoms with Gasteiger partial charge in [0.05, 0.1) is 18.0 Å². The number of thioether (sulfide) groups is 1. The number of nitrogens with zero attached hydrogens (tertiary/aromatic N) is 2. The highest BCUT2D eigenvalue weighted by Gasteiger charge is 2.23. The fourth-order valence-electron chi connectivity index (χ4n) is 3.93. The summed E-state index contributed by atoms with van der Waals surface area (Å²) in [7, 11) is 0. The number of carbonyl (C=O) groups excluding carboxylic acids is 1. The molecule has 4 rings (SSSR count). The number of aryl methyl sites for hydroxylation is 2. The number of rotatable bonds is 11. The maximum atomic E-state index is 13.2. The Morgan fingerprint density at radius 1 is 1.33 bits per heavy atom. The molecule has 0 unspecified atom stereocenters. The maximum Gasteiger partial charge on any atom is 0.263 e. The predicted molar refractivity (Wildman–Crippen MR) is 137 cm³/mol. The third kappa shape index (κ3) is 5.50. The van der Waals surface area contributed by atoms with Crippen LogP contribution in [0, 0.1) is 0 Å². The number of thiophene rings is 1. The highest BCUT2D eigenvalue weighted by atomic mass is 32.2. The zero-order valence-corrected chi connectivity index (χ0v) is 20.7. The van der Waals surface area contributed by atoms with Crippen LogP contribution in [0.15, 0.2) is 46.9 Å². The molecular formula is C25H29N3O3S2. The van der Waals surface area contributed by atoms with E-state index in [1.807, 2.05) is 38.1 Å². The smallest absolute Gasteiger partial charge is 0.263 e. The summed E-state index contributed by atoms with van der Waals surface area (Å²) in [5.74, 6) is 1.49. The summed E-state index contributed by atoms with van der Waals surface area (Å²) in [5.41, 5.74) is 2.08. The molecule has 174 valence electrons. The molecule has 2 heterocycles. The van der Waals surface area contributed by atoms with Gasteiger partial charge < -0.3 is 10.1 Å². The molecule has 6 nitrogen and oxygen atoms in total. The normalized spacial score (nSPS) is 12.8. The Morgan fingerprint density at radius 3 is 2.85 bits per heavy atom. The summed E-state index contributed by atoms with van der Waals surface area (Å²) >= 11 is 3.10. The second-order valence-electron chi connectivity index (χ2n) is 8.32. The third-order valence-corrected chi connectivity index (χ3v) is 7.59. The van der Waals surface area contributed by atoms with Crippen LogP contribution in [0.2, 0.25) is 0 Å². The van der Waals surface area contributed by atoms with Crippen LogP contribution in [0.3, 0.4) is 0 Å². The van der Waals surface area contributed by atoms with Crippen molar-refractivity contribution in [1.82, 2.24) is 9.55 Å². The highest BCUT2D eigenvalue weighted by molar-refractivity contribution is 7.99. The van der Waals surface area contributed by atoms with Crippen molar-refractivity contribution in [1.29, 1.82) is 0 Å². The summed E-state index contributed by atoms with van der Waals surface area (Å²) in [5, 5.41) is 4.61. The molecule has 1 N–H and O–H groups in total. The lowest BCUT2D eigenvalue weighted by atomic mass is 10.2. The average molecular weight is 484 g/mol. The van der Waals surface area contributed by atoms with Gasteiger partial charge in [0.1, 0.15) is 10.6 Å². The molecule has 1 aliphatic rings. The molecule has 0 amide bonds. The SMILES string of the molecule is C=CCn1c(SCCC(=O)CNc2ccc(OC(C)C)cc2)nc2sc3c(c2c1=O)CCC3. The number of allylic oxidation sites excluding steroid dienone is 1. The first-order chi connectivity index (χ1) is 16.0. The monoisotopic (exact) mass is 483 g/mol. The Hall–Kier alpha value is -2.58. The summed E-state index contributed by atoms with van der Waals surface area (Å²) in [4.78, 5) is 32.5. The number of fused-ring (bicyclic) bond motifs is 3. The van der Waals surface area contributed by atoms with Gasteiger partial charge in [0, 0.05) is 29.3 Å². The van der Waals surface area contributed by atoms with Gasteiger partial charge in [-0.3, -0.25) is 14.2 Å². The number of benzene rings is 1. The van der Waals surface area contributed by atoms with Crippen molar-refractivity contribution in [3.63, 3.8) is 0 Å². The molecular weight excluding hydrogens is 454 g/mol. The van der Waals surface area contributed by atoms with Crippen molar-refractivity contribution >= 4 is 44.8 Å². The lowest BCUT2D eigenvalue weighted by Crippen LogP contribution is -2.23. The molecule has 1 aliphatic carbocycles. The minimum absolute atomic E-state index is 0.0136. The van der Waals surface area contributed by atoms with Crippen molar-refractivity contribution in [3.8, 4) is 5.75 Å². The predicted octanol–water partition coefficient (Wildman–Crippen LogP) is 5.08. The molecule has 0 aliphatic heterocycles. The van der Waals surface area contributed by atoms with Crippen LogP contribution < -0.4 is 15.6 Å². The van der Waals surface area contributed by atoms with E-state index in [9.17, 15) is 9.59 Å². The van der Waals surface area contributed by atoms with Gasteiger partial charge in [0.25, 0.3) is 5.56 Å². The van der Waals surface area contributed by atoms with E-state index >= 15 is 0 Å². The standard InChI is InChI=1S/C25H29N3O3S2/c1-4-13-28-24(30)22-20-6-5-7-21(20)33-23(22)27-25(28)32-14-12-18(29)15-26-17-8-10-19(11-9-17)31-16(2)3/h4,8-11,16,26H,1,5-7,12-15H2,2-3H3. The number of carbonyl (C=O) groups is 1. The van der Waals surface area contributed by atoms with Crippen LogP contribution in [-0.4, -0.2) is 33.7 Å². The van der Waals surface area contributed by atoms with Crippen molar-refractivity contribution in [2.24, 2.45) is 0 Å². The van der Waals surface area contributed by atoms with E-state index in [0.29, 0.717) is 23.9 Å². The molecule has 0 saturated carbocycles. The average Bonchev–Trinajstić information content (AvgIpc) is 3.36. The number of hydrogen-bond acceptors (Lipinski definition) is 7. The highest BCUT2D eigenvalue weighted by Crippen LogP contribution is 2.35. The number of anilines is 1. The summed E-state index contributed by atoms with van der Waals surface area (Å²) in [6.07, 6.45) is 5.35. The number of Topliss-reactive ketones (excluding diaryl/α,β-unsaturated/α-hetero) is 1. The molecule has 0 saturated heterocycles. The second kappa shape index (κ2) is 10.6. The van der Waals surface area contributed by atoms with Gasteiger partial charge in [-0.15, -0.1) is 17.9 Å². The Labute approximate surface area is 202 Å². The van der Waals surface area contributed by atoms with E-state index in [1.165, 1.54) is 22.2 Å². The van der Waals surface area contributed by atoms with Crippen molar-refractivity contribution < 1.29 is 9.53 Å². The molecule has 0 spiro atoms. The summed E-state index contributed by atoms with van der Waals surface area (Å²) in [6.45, 7) is 8.44. The van der Waals surface area contributed by atoms with E-state index in [1.54, 1.807) is 22.0 Å². The molecule has 1 aromatic carbocycles. The van der Waals surface area contributed by atoms with Crippen LogP contribution in [0.5, 0.6) is 5.75 Å². The van der Waals surface area contributed by atoms with Crippen molar-refractivity contribution in [2.45, 2.75) is 57.3 Å². The van der Waals surface area contributed by atoms with E-state index in [4.69, 9.17) is 9.72 Å². The lowest BCUT2D eigenvalue weighted by molar-refractivity contribution is -0.117. The van der Waals surface area contributed by atoms with Crippen molar-refractivity contribution in [3.05, 3.63) is 57.7 Å². The van der Waals surface area contributed by atoms with Gasteiger partial charge in [0.2, 0.25) is 0 Å². The Balaban J connectivity index is 1.35. The van der Waals surface area contributed by atoms with Crippen LogP contribution >= 0.6 is 23.1 Å². The van der Waals surface area contributed by atoms with Gasteiger partial charge in [-0.05, 0) is 62.9 Å². The number of hydrogen-bond donors (Lipinski definition) is 1. The first-order valence-corrected chi connectivity index (χ1v) is 13.1. The Kier molecular flexibility index (Phi) is 7.55. The Morgan fingerprint density at radius 2 is 2.12 bits per heavy atom. The number of aromatic nitrogens is 2. The van der Waals surface area contributed by atoms with Gasteiger partial charge in [-0.25, -0.2) is 4.98 Å². The first-order valence-electron chi connectivity index (χ1n) is 11.3. The molecule has 0 atom stereocenters. The minimum atomic E-state index is 0.0136. The van der Waals surface area contributed by atoms with E-state index < -0.39 is 0 Å². The van der Waals surface area contributed by atoms with E-state index in [0.717, 1.165) is 40.9 Å². The molecule has 0 radical (unpaired) electrons. The lowest BCUT2D eigenvalue weighted by Gasteiger charge is -2.11. The Bertz CT molecular complexity index is 1210. The molecule has 3 aromatic rings. The minimum Gasteiger partial charge on any atom is -0.491 e. The number of ketones is 1. The summed E-state index contributed by atoms with van der Waals surface area (Å²) in [6, 6.07) is 7.60. The summed E-state index contributed by atoms with van der Waals surface area (Å²) < 4.78 is 7.33. The third-order valence-electron chi connectivity index (χ3n) is 5.43. The molecule has 33 heavy (non-hydrogen) atoms. The molecule has 2 aromatic heterocycles. The zero-order valence-electron chi connectivity index (χ0n) is 19.1. The quantitative estimate of drug-likeness (QED) is 0.233. The largest absolute Gasteiger partial charge is 0.491 e. The van der Waals surface area contributed by atoms with Gasteiger partial charge in [-0.2, -0.15) is 0 Å². The molecule has 0 fully saturated rings. The van der Waals surface area contributed by atoms with Gasteiger partial charge in [0.15, 0.2) is 10.9 Å². The van der Waals surface area contributed by atoms with Crippen LogP contribution in [0.1, 0.15) is 37.1 Å². The van der Waals surface area contributed by atoms with Gasteiger partial charge in [-0.1, -0.05) is 17.8 Å². The van der Waals surface area contributed by atoms with Crippen LogP contribution in [0.25, 0.3) is 10.2 Å². The van der Waals surface area contributed by atoms with Crippen molar-refractivity contribution in [2.75, 3.05) is 17.6 Å². The molecule has 8 heteroatoms. The van der Waals surface area contributed by atoms with E-state index in [2.05, 4.69) is 11.9 Å². The maximum absolute atomic E-state index is 13.2. The molecule has 0 bridgehead atoms. The number of ether oxygens (including phenoxy) is 1. The van der Waals surface area contributed by atoms with Crippen LogP contribution in [0.4, 0.5) is 5.69 Å². The zero-order chi connectivity index (χ0) is 23.4. The fraction of sp³-hybridized carbons (Fsp3) is 0.400. The second-order valence-corrected chi connectivity index (χ2v) is 10.5. The van der Waals surface area contributed by atoms with Crippen LogP contribution in [-0.2, 0) is 24.2 Å².